The number of rotatable bonds is 6. The van der Waals surface area contributed by atoms with E-state index in [-0.39, 0.29) is 41.6 Å². The van der Waals surface area contributed by atoms with Gasteiger partial charge in [-0.25, -0.2) is 0 Å². The van der Waals surface area contributed by atoms with Crippen LogP contribution in [0.25, 0.3) is 11.3 Å². The number of hydrogen-bond acceptors (Lipinski definition) is 8. The fourth-order valence-electron chi connectivity index (χ4n) is 8.57. The second-order valence-electron chi connectivity index (χ2n) is 14.0. The van der Waals surface area contributed by atoms with Crippen LogP contribution in [0.3, 0.4) is 0 Å². The molecule has 1 aromatic rings. The number of methoxy groups -OCH3 is 1. The highest BCUT2D eigenvalue weighted by Crippen LogP contribution is 2.65. The van der Waals surface area contributed by atoms with Crippen molar-refractivity contribution in [2.24, 2.45) is 22.7 Å². The fourth-order valence-corrected chi connectivity index (χ4v) is 8.57. The second-order valence-corrected chi connectivity index (χ2v) is 14.0. The monoisotopic (exact) mass is 602 g/mol. The normalized spacial score (nSPS) is 30.1. The van der Waals surface area contributed by atoms with Gasteiger partial charge in [-0.3, -0.25) is 14.4 Å². The highest BCUT2D eigenvalue weighted by atomic mass is 16.5. The van der Waals surface area contributed by atoms with Crippen LogP contribution in [0.4, 0.5) is 0 Å². The van der Waals surface area contributed by atoms with Crippen LogP contribution in [0.5, 0.6) is 5.75 Å². The molecule has 0 heterocycles. The number of benzene rings is 1. The molecule has 4 atom stereocenters. The number of aliphatic hydroxyl groups excluding tert-OH is 2. The number of ketones is 3. The molecule has 0 bridgehead atoms. The first-order chi connectivity index (χ1) is 20.5. The quantitative estimate of drug-likeness (QED) is 0.223. The van der Waals surface area contributed by atoms with E-state index in [1.165, 1.54) is 0 Å². The minimum Gasteiger partial charge on any atom is -0.508 e. The summed E-state index contributed by atoms with van der Waals surface area (Å²) in [6.07, 6.45) is 8.07. The lowest BCUT2D eigenvalue weighted by Crippen LogP contribution is -2.69. The van der Waals surface area contributed by atoms with E-state index >= 15 is 0 Å². The van der Waals surface area contributed by atoms with Crippen LogP contribution in [0.2, 0.25) is 0 Å². The molecule has 4 N–H and O–H groups in total. The van der Waals surface area contributed by atoms with E-state index in [4.69, 9.17) is 4.74 Å². The Morgan fingerprint density at radius 2 is 1.75 bits per heavy atom. The molecule has 0 radical (unpaired) electrons. The number of phenolic OH excluding ortho intramolecular Hbond substituents is 1. The van der Waals surface area contributed by atoms with Crippen molar-refractivity contribution in [3.05, 3.63) is 75.3 Å². The maximum Gasteiger partial charge on any atom is 0.203 e. The number of carbonyl (C=O) groups is 3. The molecule has 234 valence electrons. The van der Waals surface area contributed by atoms with Gasteiger partial charge in [-0.2, -0.15) is 0 Å². The minimum atomic E-state index is -2.63. The molecule has 0 spiro atoms. The third-order valence-corrected chi connectivity index (χ3v) is 10.3. The Hall–Kier alpha value is -3.91. The molecule has 0 aromatic heterocycles. The van der Waals surface area contributed by atoms with Crippen LogP contribution in [-0.4, -0.2) is 50.5 Å². The summed E-state index contributed by atoms with van der Waals surface area (Å²) in [5.41, 5.74) is -1.82. The first-order valence-electron chi connectivity index (χ1n) is 15.1. The van der Waals surface area contributed by atoms with Gasteiger partial charge in [0.2, 0.25) is 5.78 Å². The number of aliphatic hydroxyl groups is 3. The van der Waals surface area contributed by atoms with E-state index in [0.29, 0.717) is 17.5 Å². The summed E-state index contributed by atoms with van der Waals surface area (Å²) in [6, 6.07) is 1.95. The Morgan fingerprint density at radius 3 is 2.32 bits per heavy atom. The van der Waals surface area contributed by atoms with Crippen molar-refractivity contribution in [2.45, 2.75) is 79.2 Å². The number of carbonyl (C=O) groups excluding carboxylic acids is 3. The number of fused-ring (bicyclic) bond motifs is 3. The lowest BCUT2D eigenvalue weighted by Gasteiger charge is -2.60. The summed E-state index contributed by atoms with van der Waals surface area (Å²) in [5.74, 6) is -5.22. The van der Waals surface area contributed by atoms with Gasteiger partial charge >= 0.3 is 0 Å². The molecule has 1 unspecified atom stereocenters. The zero-order chi connectivity index (χ0) is 32.7. The average molecular weight is 603 g/mol. The number of ether oxygens (including phenoxy) is 1. The molecule has 0 aliphatic heterocycles. The molecular weight excluding hydrogens is 560 g/mol. The predicted molar refractivity (Wildman–Crippen MR) is 167 cm³/mol. The van der Waals surface area contributed by atoms with Crippen molar-refractivity contribution in [1.82, 2.24) is 0 Å². The summed E-state index contributed by atoms with van der Waals surface area (Å²) in [4.78, 5) is 40.9. The first-order valence-corrected chi connectivity index (χ1v) is 15.1. The topological polar surface area (TPSA) is 141 Å². The Bertz CT molecular complexity index is 1660. The zero-order valence-electron chi connectivity index (χ0n) is 26.7. The van der Waals surface area contributed by atoms with Crippen molar-refractivity contribution >= 4 is 28.7 Å². The standard InChI is InChI=1S/C36H42O8/c1-17(2)22-14-23(21-10-9-20(13-21)11-12-44-8)29(38)26-24(22)15-34(6)16-35(7)27(18(3)4)30(39)25(19(5)37)32(41)36(35,43)33(42)28(34)31(26)40/h9-12,14,17-18,27,38,40-41,43H,13,15-16H2,1-8H3/b12-11+/t27?,34-,35-,36+/m1/s1. The fraction of sp³-hybridized carbons (Fsp3) is 0.472. The highest BCUT2D eigenvalue weighted by molar-refractivity contribution is 6.24. The van der Waals surface area contributed by atoms with E-state index in [1.54, 1.807) is 34.1 Å². The van der Waals surface area contributed by atoms with E-state index in [9.17, 15) is 34.8 Å². The molecule has 5 rings (SSSR count). The maximum absolute atomic E-state index is 14.6. The summed E-state index contributed by atoms with van der Waals surface area (Å²) in [5, 5.41) is 47.4. The molecule has 4 aliphatic rings. The Morgan fingerprint density at radius 1 is 1.09 bits per heavy atom. The van der Waals surface area contributed by atoms with Gasteiger partial charge in [0, 0.05) is 27.9 Å². The molecular formula is C36H42O8. The van der Waals surface area contributed by atoms with Gasteiger partial charge < -0.3 is 25.2 Å². The van der Waals surface area contributed by atoms with Gasteiger partial charge in [0.05, 0.1) is 18.9 Å². The van der Waals surface area contributed by atoms with Crippen molar-refractivity contribution in [2.75, 3.05) is 7.11 Å². The van der Waals surface area contributed by atoms with Gasteiger partial charge in [0.1, 0.15) is 22.8 Å². The lowest BCUT2D eigenvalue weighted by molar-refractivity contribution is -0.178. The maximum atomic E-state index is 14.6. The van der Waals surface area contributed by atoms with Gasteiger partial charge in [0.25, 0.3) is 0 Å². The van der Waals surface area contributed by atoms with Crippen molar-refractivity contribution < 1.29 is 39.5 Å². The molecule has 8 nitrogen and oxygen atoms in total. The summed E-state index contributed by atoms with van der Waals surface area (Å²) < 4.78 is 5.04. The molecule has 1 saturated carbocycles. The average Bonchev–Trinajstić information content (AvgIpc) is 3.37. The molecule has 8 heteroatoms. The van der Waals surface area contributed by atoms with Gasteiger partial charge in [-0.15, -0.1) is 0 Å². The third kappa shape index (κ3) is 4.10. The second kappa shape index (κ2) is 10.3. The van der Waals surface area contributed by atoms with Crippen molar-refractivity contribution in [1.29, 1.82) is 0 Å². The van der Waals surface area contributed by atoms with Crippen LogP contribution >= 0.6 is 0 Å². The SMILES string of the molecule is CO/C=C/C1=CC=C(c2cc(C(C)C)c3c(c2O)C(O)=C2C(=O)[C@@]4(O)C(O)=C(C(C)=O)C(=O)C(C(C)C)[C@@]4(C)C[C@@]2(C)C3)C1. The molecule has 1 aromatic carbocycles. The van der Waals surface area contributed by atoms with Crippen LogP contribution in [0, 0.1) is 22.7 Å². The number of Topliss-reactive ketones (excluding diaryl/α,β-unsaturated/α-hetero) is 3. The summed E-state index contributed by atoms with van der Waals surface area (Å²) in [7, 11) is 1.56. The van der Waals surface area contributed by atoms with Gasteiger partial charge in [-0.1, -0.05) is 53.7 Å². The first kappa shape index (κ1) is 31.5. The van der Waals surface area contributed by atoms with Gasteiger partial charge in [-0.05, 0) is 72.4 Å². The smallest absolute Gasteiger partial charge is 0.203 e. The van der Waals surface area contributed by atoms with Crippen LogP contribution in [0.1, 0.15) is 89.5 Å². The molecule has 0 amide bonds. The number of hydrogen-bond donors (Lipinski definition) is 4. The van der Waals surface area contributed by atoms with E-state index in [0.717, 1.165) is 23.6 Å². The number of aromatic hydroxyl groups is 1. The van der Waals surface area contributed by atoms with E-state index in [2.05, 4.69) is 0 Å². The zero-order valence-corrected chi connectivity index (χ0v) is 26.7. The molecule has 4 aliphatic carbocycles. The molecule has 0 saturated heterocycles. The molecule has 1 fully saturated rings. The van der Waals surface area contributed by atoms with Crippen molar-refractivity contribution in [3.63, 3.8) is 0 Å². The predicted octanol–water partition coefficient (Wildman–Crippen LogP) is 6.19. The van der Waals surface area contributed by atoms with Crippen molar-refractivity contribution in [3.8, 4) is 5.75 Å². The van der Waals surface area contributed by atoms with Gasteiger partial charge in [0.15, 0.2) is 17.2 Å². The van der Waals surface area contributed by atoms with Crippen LogP contribution in [0.15, 0.2) is 53.0 Å². The largest absolute Gasteiger partial charge is 0.508 e. The Labute approximate surface area is 258 Å². The lowest BCUT2D eigenvalue weighted by atomic mass is 9.43. The molecule has 44 heavy (non-hydrogen) atoms. The van der Waals surface area contributed by atoms with Crippen LogP contribution < -0.4 is 0 Å². The van der Waals surface area contributed by atoms with E-state index in [1.807, 2.05) is 45.1 Å². The van der Waals surface area contributed by atoms with Crippen LogP contribution in [-0.2, 0) is 25.5 Å². The summed E-state index contributed by atoms with van der Waals surface area (Å²) >= 11 is 0. The number of phenols is 1. The summed E-state index contributed by atoms with van der Waals surface area (Å²) in [6.45, 7) is 12.2. The van der Waals surface area contributed by atoms with E-state index < -0.39 is 56.8 Å². The highest BCUT2D eigenvalue weighted by Gasteiger charge is 2.72. The minimum absolute atomic E-state index is 0.000421. The Kier molecular flexibility index (Phi) is 7.40. The Balaban J connectivity index is 1.77. The number of allylic oxidation sites excluding steroid dienone is 6. The third-order valence-electron chi connectivity index (χ3n) is 10.3.